The van der Waals surface area contributed by atoms with Gasteiger partial charge in [0.1, 0.15) is 5.52 Å². The maximum atomic E-state index is 2.44. The van der Waals surface area contributed by atoms with Crippen LogP contribution in [0, 0.1) is 6.92 Å². The third-order valence-corrected chi connectivity index (χ3v) is 4.02. The van der Waals surface area contributed by atoms with Crippen LogP contribution in [0.5, 0.6) is 0 Å². The lowest BCUT2D eigenvalue weighted by atomic mass is 10.1. The lowest BCUT2D eigenvalue weighted by Crippen LogP contribution is -3.00. The molecule has 110 valence electrons. The number of fused-ring (bicyclic) bond motifs is 3. The molecule has 2 N–H and O–H groups in total. The van der Waals surface area contributed by atoms with Crippen LogP contribution >= 0.6 is 0 Å². The van der Waals surface area contributed by atoms with Gasteiger partial charge in [-0.1, -0.05) is 29.8 Å². The van der Waals surface area contributed by atoms with Crippen LogP contribution in [-0.2, 0) is 13.1 Å². The van der Waals surface area contributed by atoms with Gasteiger partial charge in [0.05, 0.1) is 11.9 Å². The van der Waals surface area contributed by atoms with E-state index in [2.05, 4.69) is 64.8 Å². The Labute approximate surface area is 134 Å². The van der Waals surface area contributed by atoms with Crippen molar-refractivity contribution in [3.05, 3.63) is 54.1 Å². The zero-order chi connectivity index (χ0) is 12.8. The van der Waals surface area contributed by atoms with Gasteiger partial charge in [0.2, 0.25) is 5.69 Å². The van der Waals surface area contributed by atoms with Gasteiger partial charge in [-0.2, -0.15) is 4.68 Å². The highest BCUT2D eigenvalue weighted by Gasteiger charge is 2.29. The van der Waals surface area contributed by atoms with E-state index in [0.29, 0.717) is 0 Å². The molecular formula is C17H19BrN2O. The van der Waals surface area contributed by atoms with E-state index in [1.807, 2.05) is 0 Å². The molecule has 0 unspecified atom stereocenters. The summed E-state index contributed by atoms with van der Waals surface area (Å²) < 4.78 is 4.87. The van der Waals surface area contributed by atoms with Crippen LogP contribution in [0.15, 0.2) is 48.5 Å². The molecular weight excluding hydrogens is 328 g/mol. The van der Waals surface area contributed by atoms with Crippen LogP contribution in [0.3, 0.4) is 0 Å². The quantitative estimate of drug-likeness (QED) is 0.532. The van der Waals surface area contributed by atoms with E-state index in [9.17, 15) is 0 Å². The van der Waals surface area contributed by atoms with Crippen LogP contribution < -0.4 is 21.7 Å². The number of aromatic nitrogens is 2. The van der Waals surface area contributed by atoms with Gasteiger partial charge in [0.15, 0.2) is 6.54 Å². The molecule has 2 heterocycles. The number of hydrogen-bond donors (Lipinski definition) is 0. The Bertz CT molecular complexity index is 765. The minimum Gasteiger partial charge on any atom is -1.00 e. The average molecular weight is 347 g/mol. The van der Waals surface area contributed by atoms with Crippen molar-refractivity contribution in [3.8, 4) is 11.3 Å². The predicted molar refractivity (Wildman–Crippen MR) is 80.5 cm³/mol. The number of nitrogens with zero attached hydrogens (tertiary/aromatic N) is 2. The van der Waals surface area contributed by atoms with E-state index in [4.69, 9.17) is 0 Å². The van der Waals surface area contributed by atoms with E-state index in [-0.39, 0.29) is 22.5 Å². The van der Waals surface area contributed by atoms with Crippen molar-refractivity contribution in [2.75, 3.05) is 0 Å². The lowest BCUT2D eigenvalue weighted by Gasteiger charge is -1.96. The third kappa shape index (κ3) is 2.39. The van der Waals surface area contributed by atoms with Crippen molar-refractivity contribution in [3.63, 3.8) is 0 Å². The summed E-state index contributed by atoms with van der Waals surface area (Å²) in [7, 11) is 0. The van der Waals surface area contributed by atoms with Crippen molar-refractivity contribution in [2.45, 2.75) is 26.4 Å². The predicted octanol–water partition coefficient (Wildman–Crippen LogP) is -0.513. The molecule has 1 aliphatic rings. The van der Waals surface area contributed by atoms with Crippen LogP contribution in [0.2, 0.25) is 0 Å². The number of halogens is 1. The zero-order valence-corrected chi connectivity index (χ0v) is 13.6. The summed E-state index contributed by atoms with van der Waals surface area (Å²) in [5.74, 6) is 0. The Hall–Kier alpha value is -1.65. The third-order valence-electron chi connectivity index (χ3n) is 4.02. The second-order valence-electron chi connectivity index (χ2n) is 5.34. The molecule has 0 aliphatic carbocycles. The van der Waals surface area contributed by atoms with Crippen molar-refractivity contribution in [1.82, 2.24) is 4.68 Å². The molecule has 1 aliphatic heterocycles. The Morgan fingerprint density at radius 2 is 1.81 bits per heavy atom. The normalized spacial score (nSPS) is 12.6. The Kier molecular flexibility index (Phi) is 4.49. The monoisotopic (exact) mass is 346 g/mol. The molecule has 21 heavy (non-hydrogen) atoms. The summed E-state index contributed by atoms with van der Waals surface area (Å²) in [5.41, 5.74) is 5.38. The average Bonchev–Trinajstić information content (AvgIpc) is 2.99. The van der Waals surface area contributed by atoms with Crippen LogP contribution in [0.4, 0.5) is 0 Å². The van der Waals surface area contributed by atoms with Gasteiger partial charge in [-0.3, -0.25) is 0 Å². The minimum atomic E-state index is 0. The van der Waals surface area contributed by atoms with Gasteiger partial charge >= 0.3 is 0 Å². The molecule has 4 heteroatoms. The molecule has 1 aromatic heterocycles. The molecule has 0 saturated carbocycles. The smallest absolute Gasteiger partial charge is 0.246 e. The molecule has 0 fully saturated rings. The SMILES string of the molecule is Cc1ccc2c(c1)c(-c1ccccc1)[n+]1n2CCC1.O.[Br-]. The van der Waals surface area contributed by atoms with Gasteiger partial charge in [-0.05, 0) is 31.2 Å². The summed E-state index contributed by atoms with van der Waals surface area (Å²) in [4.78, 5) is 0. The van der Waals surface area contributed by atoms with Gasteiger partial charge in [-0.15, -0.1) is 4.68 Å². The fraction of sp³-hybridized carbons (Fsp3) is 0.235. The van der Waals surface area contributed by atoms with Crippen molar-refractivity contribution < 1.29 is 27.1 Å². The van der Waals surface area contributed by atoms with E-state index >= 15 is 0 Å². The standard InChI is InChI=1S/C17H17N2.BrH.H2O/c1-13-8-9-16-15(12-13)17(14-6-3-2-4-7-14)19-11-5-10-18(16)19;;/h2-4,6-9,12H,5,10-11H2,1H3;1H;1H2/q+1;;/p-1. The molecule has 0 radical (unpaired) electrons. The highest BCUT2D eigenvalue weighted by atomic mass is 79.9. The summed E-state index contributed by atoms with van der Waals surface area (Å²) in [6.45, 7) is 4.42. The maximum Gasteiger partial charge on any atom is 0.246 e. The van der Waals surface area contributed by atoms with E-state index < -0.39 is 0 Å². The maximum absolute atomic E-state index is 2.44. The first-order valence-corrected chi connectivity index (χ1v) is 6.93. The van der Waals surface area contributed by atoms with Crippen LogP contribution in [-0.4, -0.2) is 10.2 Å². The first kappa shape index (κ1) is 15.7. The fourth-order valence-electron chi connectivity index (χ4n) is 3.20. The van der Waals surface area contributed by atoms with E-state index in [1.54, 1.807) is 0 Å². The van der Waals surface area contributed by atoms with Gasteiger partial charge < -0.3 is 22.5 Å². The van der Waals surface area contributed by atoms with Crippen molar-refractivity contribution in [1.29, 1.82) is 0 Å². The van der Waals surface area contributed by atoms with Crippen molar-refractivity contribution >= 4 is 10.9 Å². The Balaban J connectivity index is 0.000000807. The van der Waals surface area contributed by atoms with E-state index in [1.165, 1.54) is 34.1 Å². The number of aryl methyl sites for hydroxylation is 2. The molecule has 0 saturated heterocycles. The zero-order valence-electron chi connectivity index (χ0n) is 12.0. The van der Waals surface area contributed by atoms with Crippen LogP contribution in [0.1, 0.15) is 12.0 Å². The lowest BCUT2D eigenvalue weighted by molar-refractivity contribution is -0.745. The van der Waals surface area contributed by atoms with Crippen molar-refractivity contribution in [2.24, 2.45) is 0 Å². The highest BCUT2D eigenvalue weighted by Crippen LogP contribution is 2.29. The first-order chi connectivity index (χ1) is 9.34. The summed E-state index contributed by atoms with van der Waals surface area (Å²) in [5, 5.41) is 1.38. The molecule has 0 spiro atoms. The minimum absolute atomic E-state index is 0. The molecule has 0 bridgehead atoms. The molecule has 4 rings (SSSR count). The summed E-state index contributed by atoms with van der Waals surface area (Å²) in [6.07, 6.45) is 1.24. The second kappa shape index (κ2) is 6.00. The molecule has 2 aromatic carbocycles. The topological polar surface area (TPSA) is 40.3 Å². The van der Waals surface area contributed by atoms with Gasteiger partial charge in [0.25, 0.3) is 0 Å². The Morgan fingerprint density at radius 3 is 2.57 bits per heavy atom. The highest BCUT2D eigenvalue weighted by molar-refractivity contribution is 5.91. The number of hydrogen-bond acceptors (Lipinski definition) is 0. The molecule has 0 amide bonds. The summed E-state index contributed by atoms with van der Waals surface area (Å²) >= 11 is 0. The van der Waals surface area contributed by atoms with Gasteiger partial charge in [0, 0.05) is 12.0 Å². The Morgan fingerprint density at radius 1 is 1.05 bits per heavy atom. The molecule has 0 atom stereocenters. The fourth-order valence-corrected chi connectivity index (χ4v) is 3.20. The summed E-state index contributed by atoms with van der Waals surface area (Å²) in [6, 6.07) is 17.5. The van der Waals surface area contributed by atoms with E-state index in [0.717, 1.165) is 13.1 Å². The first-order valence-electron chi connectivity index (χ1n) is 6.93. The second-order valence-corrected chi connectivity index (χ2v) is 5.34. The number of rotatable bonds is 1. The molecule has 3 nitrogen and oxygen atoms in total. The number of benzene rings is 2. The molecule has 3 aromatic rings. The largest absolute Gasteiger partial charge is 1.00 e. The van der Waals surface area contributed by atoms with Crippen LogP contribution in [0.25, 0.3) is 22.2 Å². The van der Waals surface area contributed by atoms with Gasteiger partial charge in [-0.25, -0.2) is 0 Å².